The van der Waals surface area contributed by atoms with E-state index in [9.17, 15) is 14.4 Å². The first-order valence-electron chi connectivity index (χ1n) is 8.15. The highest BCUT2D eigenvalue weighted by Gasteiger charge is 2.13. The van der Waals surface area contributed by atoms with Gasteiger partial charge in [0.1, 0.15) is 0 Å². The van der Waals surface area contributed by atoms with Crippen molar-refractivity contribution in [3.05, 3.63) is 58.1 Å². The molecule has 0 aliphatic rings. The number of thiazole rings is 1. The van der Waals surface area contributed by atoms with Crippen LogP contribution in [0, 0.1) is 0 Å². The molecule has 0 aliphatic heterocycles. The maximum absolute atomic E-state index is 12.0. The Labute approximate surface area is 163 Å². The highest BCUT2D eigenvalue weighted by molar-refractivity contribution is 7.14. The molecule has 6 nitrogen and oxygen atoms in total. The Morgan fingerprint density at radius 1 is 1.00 bits per heavy atom. The third-order valence-electron chi connectivity index (χ3n) is 3.54. The number of amides is 1. The van der Waals surface area contributed by atoms with Crippen molar-refractivity contribution in [3.8, 4) is 11.3 Å². The molecule has 0 unspecified atom stereocenters. The fraction of sp³-hybridized carbons (Fsp3) is 0.158. The highest BCUT2D eigenvalue weighted by atomic mass is 32.1. The summed E-state index contributed by atoms with van der Waals surface area (Å²) >= 11 is 2.61. The molecule has 3 rings (SSSR count). The molecule has 0 aliphatic carbocycles. The summed E-state index contributed by atoms with van der Waals surface area (Å²) in [7, 11) is 0. The summed E-state index contributed by atoms with van der Waals surface area (Å²) in [6, 6.07) is 13.1. The Morgan fingerprint density at radius 2 is 1.81 bits per heavy atom. The lowest BCUT2D eigenvalue weighted by atomic mass is 10.2. The first kappa shape index (κ1) is 18.9. The van der Waals surface area contributed by atoms with Crippen LogP contribution in [-0.4, -0.2) is 29.3 Å². The maximum Gasteiger partial charge on any atom is 0.306 e. The van der Waals surface area contributed by atoms with Crippen molar-refractivity contribution in [1.29, 1.82) is 0 Å². The zero-order chi connectivity index (χ0) is 19.1. The Morgan fingerprint density at radius 3 is 2.56 bits per heavy atom. The minimum Gasteiger partial charge on any atom is -0.457 e. The lowest BCUT2D eigenvalue weighted by molar-refractivity contribution is -0.143. The largest absolute Gasteiger partial charge is 0.457 e. The number of aromatic nitrogens is 1. The molecule has 27 heavy (non-hydrogen) atoms. The summed E-state index contributed by atoms with van der Waals surface area (Å²) in [5, 5.41) is 6.78. The van der Waals surface area contributed by atoms with E-state index in [1.165, 1.54) is 22.7 Å². The Bertz CT molecular complexity index is 920. The Hall–Kier alpha value is -2.84. The van der Waals surface area contributed by atoms with Crippen LogP contribution in [0.3, 0.4) is 0 Å². The number of ether oxygens (including phenoxy) is 1. The van der Waals surface area contributed by atoms with Gasteiger partial charge in [-0.2, -0.15) is 0 Å². The quantitative estimate of drug-likeness (QED) is 0.456. The summed E-state index contributed by atoms with van der Waals surface area (Å²) in [6.45, 7) is -0.312. The molecule has 0 bridgehead atoms. The van der Waals surface area contributed by atoms with E-state index < -0.39 is 5.97 Å². The number of hydrogen-bond acceptors (Lipinski definition) is 7. The Kier molecular flexibility index (Phi) is 6.45. The third kappa shape index (κ3) is 5.57. The summed E-state index contributed by atoms with van der Waals surface area (Å²) in [5.41, 5.74) is 1.75. The van der Waals surface area contributed by atoms with Gasteiger partial charge >= 0.3 is 5.97 Å². The number of anilines is 1. The van der Waals surface area contributed by atoms with Crippen LogP contribution in [-0.2, 0) is 14.3 Å². The lowest BCUT2D eigenvalue weighted by Gasteiger charge is -2.04. The zero-order valence-electron chi connectivity index (χ0n) is 14.2. The molecule has 0 saturated heterocycles. The van der Waals surface area contributed by atoms with Gasteiger partial charge in [0.25, 0.3) is 0 Å². The fourth-order valence-corrected chi connectivity index (χ4v) is 3.58. The van der Waals surface area contributed by atoms with Crippen molar-refractivity contribution in [2.45, 2.75) is 12.8 Å². The predicted molar refractivity (Wildman–Crippen MR) is 105 cm³/mol. The van der Waals surface area contributed by atoms with Gasteiger partial charge in [-0.15, -0.1) is 22.7 Å². The molecular formula is C19H16N2O4S2. The average Bonchev–Trinajstić information content (AvgIpc) is 3.37. The molecule has 2 aromatic heterocycles. The van der Waals surface area contributed by atoms with E-state index >= 15 is 0 Å². The van der Waals surface area contributed by atoms with Crippen LogP contribution in [0.15, 0.2) is 53.2 Å². The number of nitrogens with one attached hydrogen (secondary N) is 1. The summed E-state index contributed by atoms with van der Waals surface area (Å²) in [6.07, 6.45) is -0.132. The SMILES string of the molecule is O=C(CCC(=O)OCC(=O)c1cccs1)Nc1nc(-c2ccccc2)cs1. The van der Waals surface area contributed by atoms with Crippen molar-refractivity contribution in [3.63, 3.8) is 0 Å². The maximum atomic E-state index is 12.0. The standard InChI is InChI=1S/C19H16N2O4S2/c22-15(16-7-4-10-26-16)11-25-18(24)9-8-17(23)21-19-20-14(12-27-19)13-5-2-1-3-6-13/h1-7,10,12H,8-9,11H2,(H,20,21,23). The molecule has 0 spiro atoms. The molecule has 0 fully saturated rings. The zero-order valence-corrected chi connectivity index (χ0v) is 15.8. The summed E-state index contributed by atoms with van der Waals surface area (Å²) < 4.78 is 4.92. The normalized spacial score (nSPS) is 10.4. The van der Waals surface area contributed by atoms with Gasteiger partial charge < -0.3 is 10.1 Å². The van der Waals surface area contributed by atoms with Crippen molar-refractivity contribution < 1.29 is 19.1 Å². The molecule has 1 N–H and O–H groups in total. The first-order valence-corrected chi connectivity index (χ1v) is 9.91. The van der Waals surface area contributed by atoms with Crippen LogP contribution in [0.4, 0.5) is 5.13 Å². The molecule has 1 amide bonds. The number of ketones is 1. The highest BCUT2D eigenvalue weighted by Crippen LogP contribution is 2.24. The number of hydrogen-bond donors (Lipinski definition) is 1. The van der Waals surface area contributed by atoms with E-state index in [4.69, 9.17) is 4.74 Å². The van der Waals surface area contributed by atoms with Crippen molar-refractivity contribution in [1.82, 2.24) is 4.98 Å². The molecule has 138 valence electrons. The van der Waals surface area contributed by atoms with Gasteiger partial charge in [-0.05, 0) is 11.4 Å². The lowest BCUT2D eigenvalue weighted by Crippen LogP contribution is -2.17. The molecule has 0 saturated carbocycles. The number of rotatable bonds is 8. The van der Waals surface area contributed by atoms with Gasteiger partial charge in [-0.3, -0.25) is 14.4 Å². The van der Waals surface area contributed by atoms with Gasteiger partial charge in [0.05, 0.1) is 17.0 Å². The van der Waals surface area contributed by atoms with Crippen LogP contribution in [0.25, 0.3) is 11.3 Å². The van der Waals surface area contributed by atoms with Crippen LogP contribution in [0.5, 0.6) is 0 Å². The Balaban J connectivity index is 1.41. The average molecular weight is 400 g/mol. The molecule has 1 aromatic carbocycles. The van der Waals surface area contributed by atoms with Crippen molar-refractivity contribution in [2.24, 2.45) is 0 Å². The minimum absolute atomic E-state index is 0.0354. The van der Waals surface area contributed by atoms with Gasteiger partial charge in [-0.25, -0.2) is 4.98 Å². The van der Waals surface area contributed by atoms with Crippen LogP contribution < -0.4 is 5.32 Å². The first-order chi connectivity index (χ1) is 13.1. The molecule has 2 heterocycles. The number of benzene rings is 1. The minimum atomic E-state index is -0.584. The van der Waals surface area contributed by atoms with E-state index in [2.05, 4.69) is 10.3 Å². The summed E-state index contributed by atoms with van der Waals surface area (Å²) in [4.78, 5) is 40.3. The topological polar surface area (TPSA) is 85.4 Å². The molecular weight excluding hydrogens is 384 g/mol. The fourth-order valence-electron chi connectivity index (χ4n) is 2.20. The van der Waals surface area contributed by atoms with Gasteiger partial charge in [0.2, 0.25) is 11.7 Å². The summed E-state index contributed by atoms with van der Waals surface area (Å²) in [5.74, 6) is -1.16. The number of nitrogens with zero attached hydrogens (tertiary/aromatic N) is 1. The number of thiophene rings is 1. The number of Topliss-reactive ketones (excluding diaryl/α,β-unsaturated/α-hetero) is 1. The second kappa shape index (κ2) is 9.20. The van der Waals surface area contributed by atoms with E-state index in [-0.39, 0.29) is 31.1 Å². The van der Waals surface area contributed by atoms with E-state index in [1.807, 2.05) is 35.7 Å². The van der Waals surface area contributed by atoms with E-state index in [0.29, 0.717) is 10.0 Å². The second-order valence-electron chi connectivity index (χ2n) is 5.51. The number of carbonyl (C=O) groups is 3. The van der Waals surface area contributed by atoms with Crippen LogP contribution in [0.1, 0.15) is 22.5 Å². The third-order valence-corrected chi connectivity index (χ3v) is 5.21. The molecule has 0 radical (unpaired) electrons. The van der Waals surface area contributed by atoms with Gasteiger partial charge in [0, 0.05) is 17.4 Å². The van der Waals surface area contributed by atoms with Gasteiger partial charge in [-0.1, -0.05) is 36.4 Å². The van der Waals surface area contributed by atoms with Crippen molar-refractivity contribution >= 4 is 45.5 Å². The predicted octanol–water partition coefficient (Wildman–Crippen LogP) is 4.02. The smallest absolute Gasteiger partial charge is 0.306 e. The van der Waals surface area contributed by atoms with E-state index in [0.717, 1.165) is 11.3 Å². The second-order valence-corrected chi connectivity index (χ2v) is 7.32. The van der Waals surface area contributed by atoms with Crippen molar-refractivity contribution in [2.75, 3.05) is 11.9 Å². The molecule has 0 atom stereocenters. The molecule has 8 heteroatoms. The number of esters is 1. The molecule has 3 aromatic rings. The monoisotopic (exact) mass is 400 g/mol. The van der Waals surface area contributed by atoms with E-state index in [1.54, 1.807) is 17.5 Å². The van der Waals surface area contributed by atoms with Crippen LogP contribution >= 0.6 is 22.7 Å². The van der Waals surface area contributed by atoms with Gasteiger partial charge in [0.15, 0.2) is 11.7 Å². The van der Waals surface area contributed by atoms with Crippen LogP contribution in [0.2, 0.25) is 0 Å². The number of carbonyl (C=O) groups excluding carboxylic acids is 3.